The maximum atomic E-state index is 14.7. The zero-order chi connectivity index (χ0) is 38.7. The normalized spacial score (nSPS) is 15.4. The molecule has 15 heteroatoms. The van der Waals surface area contributed by atoms with Crippen molar-refractivity contribution in [3.63, 3.8) is 0 Å². The lowest BCUT2D eigenvalue weighted by Crippen LogP contribution is -2.51. The fraction of sp³-hybridized carbons (Fsp3) is 0.282. The molecule has 282 valence electrons. The maximum Gasteiger partial charge on any atom is 0.255 e. The van der Waals surface area contributed by atoms with E-state index in [2.05, 4.69) is 10.3 Å². The zero-order valence-electron chi connectivity index (χ0n) is 30.2. The number of ether oxygens (including phenoxy) is 3. The largest absolute Gasteiger partial charge is 0.496 e. The van der Waals surface area contributed by atoms with Crippen LogP contribution in [-0.2, 0) is 19.5 Å². The highest BCUT2D eigenvalue weighted by Crippen LogP contribution is 2.45. The van der Waals surface area contributed by atoms with Crippen LogP contribution in [0.4, 0.5) is 18.9 Å². The molecule has 1 fully saturated rings. The molecular weight excluding hydrogens is 728 g/mol. The second kappa shape index (κ2) is 13.5. The molecule has 0 spiro atoms. The van der Waals surface area contributed by atoms with Gasteiger partial charge in [-0.15, -0.1) is 0 Å². The van der Waals surface area contributed by atoms with Crippen molar-refractivity contribution in [2.75, 3.05) is 44.5 Å². The highest BCUT2D eigenvalue weighted by molar-refractivity contribution is 7.92. The third-order valence-corrected chi connectivity index (χ3v) is 10.4. The van der Waals surface area contributed by atoms with Crippen molar-refractivity contribution in [1.29, 1.82) is 0 Å². The van der Waals surface area contributed by atoms with Gasteiger partial charge >= 0.3 is 0 Å². The lowest BCUT2D eigenvalue weighted by atomic mass is 9.90. The van der Waals surface area contributed by atoms with Crippen LogP contribution in [0.3, 0.4) is 0 Å². The quantitative estimate of drug-likeness (QED) is 0.156. The standard InChI is InChI=1S/C39H36F3N3O8S/c1-38(2)50-19-39(3,20-51-38)18-45(54(6,47)48)29-17-31-26(33(36(46)43-4)35(52-31)21-7-10-23(40)11-8-21)16-25(29)22-9-12-30(49-5)27(13-22)37-44-34-28(42)14-24(41)15-32(34)53-37/h7-17H,18-20H2,1-6H3,(H,43,46). The molecule has 0 unspecified atom stereocenters. The molecule has 1 aliphatic heterocycles. The number of carbonyl (C=O) groups is 1. The first-order chi connectivity index (χ1) is 25.5. The van der Waals surface area contributed by atoms with Crippen LogP contribution < -0.4 is 14.4 Å². The molecule has 0 saturated carbocycles. The van der Waals surface area contributed by atoms with Crippen LogP contribution in [0.1, 0.15) is 31.1 Å². The Balaban J connectivity index is 1.49. The highest BCUT2D eigenvalue weighted by atomic mass is 32.2. The molecule has 54 heavy (non-hydrogen) atoms. The molecular formula is C39H36F3N3O8S. The summed E-state index contributed by atoms with van der Waals surface area (Å²) in [5, 5.41) is 2.96. The van der Waals surface area contributed by atoms with Crippen LogP contribution in [-0.4, -0.2) is 65.3 Å². The van der Waals surface area contributed by atoms with E-state index in [-0.39, 0.29) is 70.7 Å². The predicted molar refractivity (Wildman–Crippen MR) is 196 cm³/mol. The number of aromatic nitrogens is 1. The molecule has 1 saturated heterocycles. The predicted octanol–water partition coefficient (Wildman–Crippen LogP) is 7.92. The number of halogens is 3. The molecule has 6 aromatic rings. The van der Waals surface area contributed by atoms with E-state index < -0.39 is 44.6 Å². The SMILES string of the molecule is CNC(=O)c1c(-c2ccc(F)cc2)oc2cc(N(CC3(C)COC(C)(C)OC3)S(C)(=O)=O)c(-c3ccc(OC)c(-c4nc5c(F)cc(F)cc5o4)c3)cc12. The van der Waals surface area contributed by atoms with E-state index in [0.717, 1.165) is 12.3 Å². The summed E-state index contributed by atoms with van der Waals surface area (Å²) in [6.45, 7) is 5.68. The number of sulfonamides is 1. The lowest BCUT2D eigenvalue weighted by Gasteiger charge is -2.43. The summed E-state index contributed by atoms with van der Waals surface area (Å²) in [5.41, 5.74) is 0.769. The molecule has 2 aromatic heterocycles. The lowest BCUT2D eigenvalue weighted by molar-refractivity contribution is -0.280. The smallest absolute Gasteiger partial charge is 0.255 e. The van der Waals surface area contributed by atoms with Gasteiger partial charge in [0, 0.05) is 53.7 Å². The summed E-state index contributed by atoms with van der Waals surface area (Å²) in [7, 11) is -1.17. The Labute approximate surface area is 308 Å². The minimum absolute atomic E-state index is 0.0762. The minimum Gasteiger partial charge on any atom is -0.496 e. The molecule has 7 rings (SSSR count). The van der Waals surface area contributed by atoms with E-state index in [1.165, 1.54) is 48.8 Å². The first-order valence-electron chi connectivity index (χ1n) is 16.8. The second-order valence-electron chi connectivity index (χ2n) is 14.0. The Kier molecular flexibility index (Phi) is 9.23. The summed E-state index contributed by atoms with van der Waals surface area (Å²) in [5.74, 6) is -3.30. The minimum atomic E-state index is -4.04. The molecule has 0 aliphatic carbocycles. The Morgan fingerprint density at radius 1 is 0.889 bits per heavy atom. The molecule has 0 bridgehead atoms. The van der Waals surface area contributed by atoms with Crippen LogP contribution in [0.5, 0.6) is 5.75 Å². The Morgan fingerprint density at radius 3 is 2.22 bits per heavy atom. The van der Waals surface area contributed by atoms with Crippen molar-refractivity contribution in [3.05, 3.63) is 89.7 Å². The van der Waals surface area contributed by atoms with Gasteiger partial charge in [-0.05, 0) is 61.9 Å². The average Bonchev–Trinajstić information content (AvgIpc) is 3.73. The monoisotopic (exact) mass is 763 g/mol. The summed E-state index contributed by atoms with van der Waals surface area (Å²) in [6.07, 6.45) is 1.08. The maximum absolute atomic E-state index is 14.7. The number of rotatable bonds is 9. The van der Waals surface area contributed by atoms with Gasteiger partial charge < -0.3 is 28.4 Å². The Morgan fingerprint density at radius 2 is 1.57 bits per heavy atom. The third kappa shape index (κ3) is 6.90. The van der Waals surface area contributed by atoms with E-state index in [1.807, 2.05) is 6.92 Å². The van der Waals surface area contributed by atoms with Crippen molar-refractivity contribution in [1.82, 2.24) is 10.3 Å². The molecule has 0 atom stereocenters. The number of methoxy groups -OCH3 is 1. The van der Waals surface area contributed by atoms with Gasteiger partial charge in [0.15, 0.2) is 17.2 Å². The van der Waals surface area contributed by atoms with E-state index in [9.17, 15) is 26.4 Å². The summed E-state index contributed by atoms with van der Waals surface area (Å²) in [4.78, 5) is 17.8. The topological polar surface area (TPSA) is 133 Å². The molecule has 1 amide bonds. The van der Waals surface area contributed by atoms with Gasteiger partial charge in [0.1, 0.15) is 34.2 Å². The number of anilines is 1. The van der Waals surface area contributed by atoms with Crippen LogP contribution in [0.15, 0.2) is 75.6 Å². The van der Waals surface area contributed by atoms with Gasteiger partial charge in [-0.1, -0.05) is 13.0 Å². The number of benzene rings is 4. The Bertz CT molecular complexity index is 2540. The zero-order valence-corrected chi connectivity index (χ0v) is 31.0. The summed E-state index contributed by atoms with van der Waals surface area (Å²) < 4.78 is 101. The molecule has 11 nitrogen and oxygen atoms in total. The molecule has 1 N–H and O–H groups in total. The van der Waals surface area contributed by atoms with Gasteiger partial charge in [0.05, 0.1) is 43.4 Å². The Hall–Kier alpha value is -5.38. The number of furan rings is 1. The fourth-order valence-electron chi connectivity index (χ4n) is 6.44. The molecule has 1 aliphatic rings. The van der Waals surface area contributed by atoms with Crippen LogP contribution in [0.25, 0.3) is 56.0 Å². The number of hydrogen-bond acceptors (Lipinski definition) is 9. The van der Waals surface area contributed by atoms with Gasteiger partial charge in [0.25, 0.3) is 5.91 Å². The van der Waals surface area contributed by atoms with Crippen LogP contribution in [0, 0.1) is 22.9 Å². The summed E-state index contributed by atoms with van der Waals surface area (Å²) >= 11 is 0. The van der Waals surface area contributed by atoms with E-state index in [0.29, 0.717) is 28.1 Å². The molecule has 4 aromatic carbocycles. The van der Waals surface area contributed by atoms with Crippen LogP contribution in [0.2, 0.25) is 0 Å². The number of amides is 1. The van der Waals surface area contributed by atoms with Gasteiger partial charge in [-0.3, -0.25) is 9.10 Å². The number of hydrogen-bond donors (Lipinski definition) is 1. The van der Waals surface area contributed by atoms with Gasteiger partial charge in [-0.25, -0.2) is 26.6 Å². The number of nitrogens with one attached hydrogen (secondary N) is 1. The van der Waals surface area contributed by atoms with Gasteiger partial charge in [0.2, 0.25) is 15.9 Å². The molecule has 3 heterocycles. The second-order valence-corrected chi connectivity index (χ2v) is 15.9. The molecule has 0 radical (unpaired) electrons. The number of carbonyl (C=O) groups excluding carboxylic acids is 1. The number of oxazole rings is 1. The van der Waals surface area contributed by atoms with Crippen molar-refractivity contribution in [2.45, 2.75) is 26.6 Å². The van der Waals surface area contributed by atoms with E-state index in [1.54, 1.807) is 38.1 Å². The first kappa shape index (κ1) is 37.0. The third-order valence-electron chi connectivity index (χ3n) is 9.25. The van der Waals surface area contributed by atoms with Gasteiger partial charge in [-0.2, -0.15) is 0 Å². The van der Waals surface area contributed by atoms with Crippen molar-refractivity contribution in [3.8, 4) is 39.7 Å². The van der Waals surface area contributed by atoms with Crippen molar-refractivity contribution >= 4 is 43.7 Å². The first-order valence-corrected chi connectivity index (χ1v) is 18.6. The highest BCUT2D eigenvalue weighted by Gasteiger charge is 2.40. The average molecular weight is 764 g/mol. The van der Waals surface area contributed by atoms with Crippen molar-refractivity contribution in [2.24, 2.45) is 5.41 Å². The van der Waals surface area contributed by atoms with E-state index >= 15 is 0 Å². The van der Waals surface area contributed by atoms with Crippen molar-refractivity contribution < 1.29 is 49.4 Å². The number of nitrogens with zero attached hydrogens (tertiary/aromatic N) is 2. The fourth-order valence-corrected chi connectivity index (χ4v) is 7.49. The van der Waals surface area contributed by atoms with Crippen LogP contribution >= 0.6 is 0 Å². The number of fused-ring (bicyclic) bond motifs is 2. The van der Waals surface area contributed by atoms with E-state index in [4.69, 9.17) is 23.0 Å². The summed E-state index contributed by atoms with van der Waals surface area (Å²) in [6, 6.07) is 15.2.